The van der Waals surface area contributed by atoms with Crippen LogP contribution in [0.4, 0.5) is 5.13 Å². The van der Waals surface area contributed by atoms with Crippen molar-refractivity contribution in [3.05, 3.63) is 35.4 Å². The first-order chi connectivity index (χ1) is 7.26. The van der Waals surface area contributed by atoms with Crippen LogP contribution in [0.3, 0.4) is 0 Å². The molecule has 0 saturated heterocycles. The molecule has 1 amide bonds. The number of carbonyl (C=O) groups is 1. The lowest BCUT2D eigenvalue weighted by Crippen LogP contribution is -2.07. The summed E-state index contributed by atoms with van der Waals surface area (Å²) in [4.78, 5) is 15.6. The third kappa shape index (κ3) is 4.08. The standard InChI is InChI=1S/C11H14N2OS/c1-3-5-6-7-10(14)13-11-12-9(4-2)8-15-11/h3,5-8H,4H2,1-2H3,(H,12,13,14). The molecule has 1 rings (SSSR count). The van der Waals surface area contributed by atoms with Crippen molar-refractivity contribution in [2.24, 2.45) is 0 Å². The molecule has 0 spiro atoms. The number of rotatable bonds is 4. The molecular weight excluding hydrogens is 208 g/mol. The molecule has 0 radical (unpaired) electrons. The molecule has 1 N–H and O–H groups in total. The first-order valence-electron chi connectivity index (χ1n) is 4.81. The van der Waals surface area contributed by atoms with Gasteiger partial charge in [0.15, 0.2) is 5.13 Å². The van der Waals surface area contributed by atoms with E-state index in [-0.39, 0.29) is 5.91 Å². The van der Waals surface area contributed by atoms with Gasteiger partial charge in [0.1, 0.15) is 0 Å². The zero-order chi connectivity index (χ0) is 11.1. The number of nitrogens with zero attached hydrogens (tertiary/aromatic N) is 1. The van der Waals surface area contributed by atoms with E-state index in [0.29, 0.717) is 5.13 Å². The Hall–Kier alpha value is -1.42. The Morgan fingerprint density at radius 1 is 1.60 bits per heavy atom. The van der Waals surface area contributed by atoms with Gasteiger partial charge in [-0.15, -0.1) is 11.3 Å². The fraction of sp³-hybridized carbons (Fsp3) is 0.273. The van der Waals surface area contributed by atoms with Crippen molar-refractivity contribution in [2.45, 2.75) is 20.3 Å². The monoisotopic (exact) mass is 222 g/mol. The van der Waals surface area contributed by atoms with Crippen LogP contribution in [-0.2, 0) is 11.2 Å². The smallest absolute Gasteiger partial charge is 0.250 e. The summed E-state index contributed by atoms with van der Waals surface area (Å²) in [5.41, 5.74) is 1.01. The number of anilines is 1. The summed E-state index contributed by atoms with van der Waals surface area (Å²) >= 11 is 1.45. The number of allylic oxidation sites excluding steroid dienone is 3. The van der Waals surface area contributed by atoms with E-state index in [2.05, 4.69) is 10.3 Å². The Morgan fingerprint density at radius 3 is 3.00 bits per heavy atom. The number of amides is 1. The van der Waals surface area contributed by atoms with Gasteiger partial charge in [-0.2, -0.15) is 0 Å². The zero-order valence-corrected chi connectivity index (χ0v) is 9.67. The molecule has 0 saturated carbocycles. The van der Waals surface area contributed by atoms with Gasteiger partial charge < -0.3 is 0 Å². The number of nitrogens with one attached hydrogen (secondary N) is 1. The summed E-state index contributed by atoms with van der Waals surface area (Å²) in [7, 11) is 0. The molecule has 0 aliphatic rings. The highest BCUT2D eigenvalue weighted by Crippen LogP contribution is 2.15. The second-order valence-electron chi connectivity index (χ2n) is 2.87. The minimum atomic E-state index is -0.148. The average molecular weight is 222 g/mol. The summed E-state index contributed by atoms with van der Waals surface area (Å²) in [5.74, 6) is -0.148. The fourth-order valence-corrected chi connectivity index (χ4v) is 1.72. The lowest BCUT2D eigenvalue weighted by molar-refractivity contribution is -0.111. The number of aryl methyl sites for hydroxylation is 1. The molecule has 0 fully saturated rings. The topological polar surface area (TPSA) is 42.0 Å². The number of aromatic nitrogens is 1. The van der Waals surface area contributed by atoms with Crippen LogP contribution in [0.5, 0.6) is 0 Å². The van der Waals surface area contributed by atoms with Gasteiger partial charge in [0.2, 0.25) is 5.91 Å². The maximum atomic E-state index is 11.3. The molecule has 15 heavy (non-hydrogen) atoms. The van der Waals surface area contributed by atoms with Crippen LogP contribution in [0.2, 0.25) is 0 Å². The fourth-order valence-electron chi connectivity index (χ4n) is 0.928. The highest BCUT2D eigenvalue weighted by atomic mass is 32.1. The first kappa shape index (κ1) is 11.7. The minimum Gasteiger partial charge on any atom is -0.298 e. The molecule has 80 valence electrons. The molecule has 4 heteroatoms. The Balaban J connectivity index is 2.51. The molecule has 0 unspecified atom stereocenters. The van der Waals surface area contributed by atoms with Gasteiger partial charge in [-0.05, 0) is 13.3 Å². The van der Waals surface area contributed by atoms with Crippen LogP contribution < -0.4 is 5.32 Å². The zero-order valence-electron chi connectivity index (χ0n) is 8.86. The van der Waals surface area contributed by atoms with E-state index in [0.717, 1.165) is 12.1 Å². The maximum Gasteiger partial charge on any atom is 0.250 e. The summed E-state index contributed by atoms with van der Waals surface area (Å²) < 4.78 is 0. The predicted octanol–water partition coefficient (Wildman–Crippen LogP) is 2.78. The summed E-state index contributed by atoms with van der Waals surface area (Å²) in [5, 5.41) is 5.31. The van der Waals surface area contributed by atoms with Crippen LogP contribution in [-0.4, -0.2) is 10.9 Å². The third-order valence-corrected chi connectivity index (χ3v) is 2.50. The van der Waals surface area contributed by atoms with E-state index in [9.17, 15) is 4.79 Å². The highest BCUT2D eigenvalue weighted by molar-refractivity contribution is 7.13. The summed E-state index contributed by atoms with van der Waals surface area (Å²) in [6.07, 6.45) is 7.73. The van der Waals surface area contributed by atoms with Crippen LogP contribution in [0.15, 0.2) is 29.7 Å². The normalized spacial score (nSPS) is 11.3. The molecule has 0 aliphatic carbocycles. The Morgan fingerprint density at radius 2 is 2.40 bits per heavy atom. The Kier molecular flexibility index (Phi) is 4.77. The van der Waals surface area contributed by atoms with E-state index >= 15 is 0 Å². The Bertz CT molecular complexity index is 380. The highest BCUT2D eigenvalue weighted by Gasteiger charge is 2.01. The van der Waals surface area contributed by atoms with Crippen molar-refractivity contribution in [3.8, 4) is 0 Å². The van der Waals surface area contributed by atoms with Crippen molar-refractivity contribution in [3.63, 3.8) is 0 Å². The van der Waals surface area contributed by atoms with Gasteiger partial charge in [0.25, 0.3) is 0 Å². The largest absolute Gasteiger partial charge is 0.298 e. The molecule has 0 aromatic carbocycles. The van der Waals surface area contributed by atoms with Crippen molar-refractivity contribution in [1.82, 2.24) is 4.98 Å². The first-order valence-corrected chi connectivity index (χ1v) is 5.69. The number of carbonyl (C=O) groups excluding carboxylic acids is 1. The van der Waals surface area contributed by atoms with E-state index in [1.807, 2.05) is 25.3 Å². The van der Waals surface area contributed by atoms with Crippen LogP contribution in [0.25, 0.3) is 0 Å². The number of hydrogen-bond acceptors (Lipinski definition) is 3. The predicted molar refractivity (Wildman–Crippen MR) is 64.1 cm³/mol. The van der Waals surface area contributed by atoms with Crippen molar-refractivity contribution in [1.29, 1.82) is 0 Å². The van der Waals surface area contributed by atoms with Crippen LogP contribution in [0.1, 0.15) is 19.5 Å². The molecule has 0 bridgehead atoms. The van der Waals surface area contributed by atoms with Gasteiger partial charge in [0.05, 0.1) is 5.69 Å². The molecule has 1 heterocycles. The van der Waals surface area contributed by atoms with Gasteiger partial charge >= 0.3 is 0 Å². The van der Waals surface area contributed by atoms with Gasteiger partial charge in [-0.1, -0.05) is 25.2 Å². The summed E-state index contributed by atoms with van der Waals surface area (Å²) in [6.45, 7) is 3.93. The lowest BCUT2D eigenvalue weighted by Gasteiger charge is -1.94. The van der Waals surface area contributed by atoms with E-state index in [1.165, 1.54) is 17.4 Å². The second-order valence-corrected chi connectivity index (χ2v) is 3.73. The lowest BCUT2D eigenvalue weighted by atomic mass is 10.4. The maximum absolute atomic E-state index is 11.3. The van der Waals surface area contributed by atoms with Gasteiger partial charge in [-0.25, -0.2) is 4.98 Å². The molecule has 1 aromatic rings. The molecule has 0 atom stereocenters. The Labute approximate surface area is 93.5 Å². The molecule has 3 nitrogen and oxygen atoms in total. The van der Waals surface area contributed by atoms with Gasteiger partial charge in [0, 0.05) is 11.5 Å². The molecule has 1 aromatic heterocycles. The average Bonchev–Trinajstić information content (AvgIpc) is 2.66. The van der Waals surface area contributed by atoms with Crippen molar-refractivity contribution in [2.75, 3.05) is 5.32 Å². The van der Waals surface area contributed by atoms with E-state index < -0.39 is 0 Å². The van der Waals surface area contributed by atoms with E-state index in [4.69, 9.17) is 0 Å². The SMILES string of the molecule is CC=CC=CC(=O)Nc1nc(CC)cs1. The molecule has 0 aliphatic heterocycles. The number of hydrogen-bond donors (Lipinski definition) is 1. The third-order valence-electron chi connectivity index (χ3n) is 1.70. The van der Waals surface area contributed by atoms with Crippen LogP contribution in [0, 0.1) is 0 Å². The molecular formula is C11H14N2OS. The van der Waals surface area contributed by atoms with Crippen molar-refractivity contribution >= 4 is 22.4 Å². The second kappa shape index (κ2) is 6.14. The summed E-state index contributed by atoms with van der Waals surface area (Å²) in [6, 6.07) is 0. The van der Waals surface area contributed by atoms with Gasteiger partial charge in [-0.3, -0.25) is 10.1 Å². The number of thiazole rings is 1. The quantitative estimate of drug-likeness (QED) is 0.628. The van der Waals surface area contributed by atoms with E-state index in [1.54, 1.807) is 12.2 Å². The minimum absolute atomic E-state index is 0.148. The van der Waals surface area contributed by atoms with Crippen LogP contribution >= 0.6 is 11.3 Å². The van der Waals surface area contributed by atoms with Crippen molar-refractivity contribution < 1.29 is 4.79 Å².